The quantitative estimate of drug-likeness (QED) is 0.735. The molecular weight excluding hydrogens is 255 g/mol. The fraction of sp³-hybridized carbons (Fsp3) is 0.0625. The maximum absolute atomic E-state index is 13.0. The number of benzene rings is 2. The molecule has 4 heteroatoms. The van der Waals surface area contributed by atoms with Gasteiger partial charge in [-0.15, -0.1) is 0 Å². The van der Waals surface area contributed by atoms with E-state index in [0.717, 1.165) is 27.7 Å². The maximum Gasteiger partial charge on any atom is 0.250 e. The lowest BCUT2D eigenvalue weighted by molar-refractivity contribution is 0.100. The molecule has 2 aromatic carbocycles. The first kappa shape index (κ1) is 12.4. The zero-order chi connectivity index (χ0) is 14.3. The number of hydrogen-bond acceptors (Lipinski definition) is 1. The van der Waals surface area contributed by atoms with Gasteiger partial charge in [0, 0.05) is 11.1 Å². The van der Waals surface area contributed by atoms with Crippen molar-refractivity contribution in [1.82, 2.24) is 4.98 Å². The number of carbonyl (C=O) groups is 1. The molecule has 1 amide bonds. The topological polar surface area (TPSA) is 58.9 Å². The molecule has 0 radical (unpaired) electrons. The van der Waals surface area contributed by atoms with Crippen LogP contribution >= 0.6 is 0 Å². The Bertz CT molecular complexity index is 803. The Labute approximate surface area is 115 Å². The molecule has 1 aromatic heterocycles. The molecule has 3 N–H and O–H groups in total. The second-order valence-electron chi connectivity index (χ2n) is 4.77. The zero-order valence-corrected chi connectivity index (χ0v) is 10.9. The van der Waals surface area contributed by atoms with Gasteiger partial charge in [-0.2, -0.15) is 0 Å². The number of halogens is 1. The Balaban J connectivity index is 2.30. The van der Waals surface area contributed by atoms with Gasteiger partial charge in [0.2, 0.25) is 0 Å². The van der Waals surface area contributed by atoms with Crippen LogP contribution in [0.15, 0.2) is 42.5 Å². The van der Waals surface area contributed by atoms with Gasteiger partial charge in [-0.05, 0) is 42.3 Å². The molecule has 0 aliphatic heterocycles. The van der Waals surface area contributed by atoms with Gasteiger partial charge < -0.3 is 10.7 Å². The second kappa shape index (κ2) is 4.49. The number of hydrogen-bond donors (Lipinski definition) is 2. The Morgan fingerprint density at radius 2 is 1.85 bits per heavy atom. The van der Waals surface area contributed by atoms with Crippen molar-refractivity contribution in [2.24, 2.45) is 5.73 Å². The molecule has 0 aliphatic rings. The molecule has 100 valence electrons. The van der Waals surface area contributed by atoms with Crippen molar-refractivity contribution in [2.75, 3.05) is 0 Å². The minimum absolute atomic E-state index is 0.274. The first-order valence-corrected chi connectivity index (χ1v) is 6.24. The molecule has 1 heterocycles. The molecule has 3 rings (SSSR count). The van der Waals surface area contributed by atoms with E-state index in [4.69, 9.17) is 5.73 Å². The second-order valence-corrected chi connectivity index (χ2v) is 4.77. The molecular formula is C16H13FN2O. The minimum atomic E-state index is -0.470. The van der Waals surface area contributed by atoms with Crippen LogP contribution in [0.1, 0.15) is 16.1 Å². The summed E-state index contributed by atoms with van der Waals surface area (Å²) in [7, 11) is 0. The van der Waals surface area contributed by atoms with Crippen molar-refractivity contribution in [3.63, 3.8) is 0 Å². The lowest BCUT2D eigenvalue weighted by Crippen LogP contribution is -2.11. The number of aryl methyl sites for hydroxylation is 1. The van der Waals surface area contributed by atoms with Crippen LogP contribution < -0.4 is 5.73 Å². The smallest absolute Gasteiger partial charge is 0.250 e. The average molecular weight is 268 g/mol. The highest BCUT2D eigenvalue weighted by atomic mass is 19.1. The molecule has 0 aliphatic carbocycles. The number of amides is 1. The maximum atomic E-state index is 13.0. The predicted octanol–water partition coefficient (Wildman–Crippen LogP) is 3.38. The molecule has 0 unspecified atom stereocenters. The van der Waals surface area contributed by atoms with Crippen LogP contribution in [0.5, 0.6) is 0 Å². The first-order valence-electron chi connectivity index (χ1n) is 6.24. The molecule has 0 fully saturated rings. The number of nitrogens with two attached hydrogens (primary N) is 1. The van der Waals surface area contributed by atoms with Crippen LogP contribution in [-0.2, 0) is 0 Å². The number of aromatic nitrogens is 1. The van der Waals surface area contributed by atoms with Gasteiger partial charge in [-0.25, -0.2) is 4.39 Å². The van der Waals surface area contributed by atoms with Crippen molar-refractivity contribution >= 4 is 16.8 Å². The number of primary amides is 1. The summed E-state index contributed by atoms with van der Waals surface area (Å²) in [6.45, 7) is 1.92. The van der Waals surface area contributed by atoms with E-state index in [2.05, 4.69) is 4.98 Å². The molecule has 0 saturated carbocycles. The summed E-state index contributed by atoms with van der Waals surface area (Å²) < 4.78 is 13.0. The summed E-state index contributed by atoms with van der Waals surface area (Å²) >= 11 is 0. The van der Waals surface area contributed by atoms with Crippen LogP contribution in [0.4, 0.5) is 4.39 Å². The number of nitrogens with one attached hydrogen (secondary N) is 1. The summed E-state index contributed by atoms with van der Waals surface area (Å²) in [6.07, 6.45) is 0. The van der Waals surface area contributed by atoms with Crippen LogP contribution in [0.2, 0.25) is 0 Å². The number of fused-ring (bicyclic) bond motifs is 1. The van der Waals surface area contributed by atoms with Gasteiger partial charge in [0.15, 0.2) is 0 Å². The van der Waals surface area contributed by atoms with Crippen molar-refractivity contribution in [2.45, 2.75) is 6.92 Å². The molecule has 0 saturated heterocycles. The normalized spacial score (nSPS) is 10.9. The highest BCUT2D eigenvalue weighted by Crippen LogP contribution is 2.31. The van der Waals surface area contributed by atoms with Crippen LogP contribution in [0.3, 0.4) is 0 Å². The standard InChI is InChI=1S/C16H13FN2O/c1-9-8-14-12(10-2-4-11(17)5-3-10)6-7-13(16(18)20)15(14)19-9/h2-8,19H,1H3,(H2,18,20). The predicted molar refractivity (Wildman–Crippen MR) is 76.9 cm³/mol. The summed E-state index contributed by atoms with van der Waals surface area (Å²) in [5.41, 5.74) is 9.34. The minimum Gasteiger partial charge on any atom is -0.366 e. The van der Waals surface area contributed by atoms with Gasteiger partial charge in [0.1, 0.15) is 5.82 Å². The Morgan fingerprint density at radius 3 is 2.50 bits per heavy atom. The molecule has 3 nitrogen and oxygen atoms in total. The van der Waals surface area contributed by atoms with E-state index in [9.17, 15) is 9.18 Å². The zero-order valence-electron chi connectivity index (χ0n) is 10.9. The highest BCUT2D eigenvalue weighted by Gasteiger charge is 2.13. The van der Waals surface area contributed by atoms with E-state index in [1.54, 1.807) is 18.2 Å². The van der Waals surface area contributed by atoms with Gasteiger partial charge in [0.25, 0.3) is 5.91 Å². The third-order valence-electron chi connectivity index (χ3n) is 3.35. The van der Waals surface area contributed by atoms with Crippen LogP contribution in [-0.4, -0.2) is 10.9 Å². The Hall–Kier alpha value is -2.62. The molecule has 20 heavy (non-hydrogen) atoms. The lowest BCUT2D eigenvalue weighted by atomic mass is 9.99. The van der Waals surface area contributed by atoms with Crippen LogP contribution in [0.25, 0.3) is 22.0 Å². The van der Waals surface area contributed by atoms with Crippen molar-refractivity contribution in [3.05, 3.63) is 59.5 Å². The molecule has 0 bridgehead atoms. The monoisotopic (exact) mass is 268 g/mol. The van der Waals surface area contributed by atoms with E-state index in [-0.39, 0.29) is 5.82 Å². The fourth-order valence-electron chi connectivity index (χ4n) is 2.44. The van der Waals surface area contributed by atoms with E-state index in [0.29, 0.717) is 5.56 Å². The molecule has 0 atom stereocenters. The van der Waals surface area contributed by atoms with Crippen molar-refractivity contribution < 1.29 is 9.18 Å². The van der Waals surface area contributed by atoms with Crippen LogP contribution in [0, 0.1) is 12.7 Å². The summed E-state index contributed by atoms with van der Waals surface area (Å²) in [5, 5.41) is 0.908. The van der Waals surface area contributed by atoms with Gasteiger partial charge in [0.05, 0.1) is 11.1 Å². The average Bonchev–Trinajstić information content (AvgIpc) is 2.79. The number of aromatic amines is 1. The number of H-pyrrole nitrogens is 1. The van der Waals surface area contributed by atoms with E-state index in [1.807, 2.05) is 19.1 Å². The molecule has 0 spiro atoms. The summed E-state index contributed by atoms with van der Waals surface area (Å²) in [4.78, 5) is 14.6. The van der Waals surface area contributed by atoms with E-state index < -0.39 is 5.91 Å². The highest BCUT2D eigenvalue weighted by molar-refractivity contribution is 6.09. The van der Waals surface area contributed by atoms with Gasteiger partial charge in [-0.3, -0.25) is 4.79 Å². The first-order chi connectivity index (χ1) is 9.56. The summed E-state index contributed by atoms with van der Waals surface area (Å²) in [6, 6.07) is 11.8. The van der Waals surface area contributed by atoms with Crippen molar-refractivity contribution in [1.29, 1.82) is 0 Å². The lowest BCUT2D eigenvalue weighted by Gasteiger charge is -2.06. The molecule has 3 aromatic rings. The fourth-order valence-corrected chi connectivity index (χ4v) is 2.44. The summed E-state index contributed by atoms with van der Waals surface area (Å²) in [5.74, 6) is -0.744. The third-order valence-corrected chi connectivity index (χ3v) is 3.35. The number of rotatable bonds is 2. The van der Waals surface area contributed by atoms with E-state index in [1.165, 1.54) is 12.1 Å². The SMILES string of the molecule is Cc1cc2c(-c3ccc(F)cc3)ccc(C(N)=O)c2[nH]1. The third kappa shape index (κ3) is 1.95. The van der Waals surface area contributed by atoms with E-state index >= 15 is 0 Å². The van der Waals surface area contributed by atoms with Gasteiger partial charge in [-0.1, -0.05) is 18.2 Å². The Kier molecular flexibility index (Phi) is 2.79. The Morgan fingerprint density at radius 1 is 1.15 bits per heavy atom. The largest absolute Gasteiger partial charge is 0.366 e. The van der Waals surface area contributed by atoms with Crippen molar-refractivity contribution in [3.8, 4) is 11.1 Å². The van der Waals surface area contributed by atoms with Gasteiger partial charge >= 0.3 is 0 Å². The number of carbonyl (C=O) groups excluding carboxylic acids is 1.